The molecule has 0 bridgehead atoms. The lowest BCUT2D eigenvalue weighted by Crippen LogP contribution is -2.59. The number of aliphatic carboxylic acids is 1. The Labute approximate surface area is 78.1 Å². The Kier molecular flexibility index (Phi) is 2.26. The number of carboxylic acids is 1. The van der Waals surface area contributed by atoms with Crippen molar-refractivity contribution in [2.75, 3.05) is 26.7 Å². The molecule has 1 aliphatic heterocycles. The Morgan fingerprint density at radius 1 is 1.46 bits per heavy atom. The summed E-state index contributed by atoms with van der Waals surface area (Å²) >= 11 is 0. The van der Waals surface area contributed by atoms with Crippen LogP contribution in [0.2, 0.25) is 0 Å². The molecule has 0 spiro atoms. The normalized spacial score (nSPS) is 24.8. The van der Waals surface area contributed by atoms with Crippen LogP contribution in [0.3, 0.4) is 0 Å². The van der Waals surface area contributed by atoms with Crippen molar-refractivity contribution in [3.63, 3.8) is 0 Å². The van der Waals surface area contributed by atoms with Crippen LogP contribution in [0.4, 0.5) is 0 Å². The molecule has 74 valence electrons. The van der Waals surface area contributed by atoms with Gasteiger partial charge in [0.2, 0.25) is 0 Å². The number of likely N-dealkylation sites (tertiary alicyclic amines) is 1. The fourth-order valence-corrected chi connectivity index (χ4v) is 1.90. The third-order valence-electron chi connectivity index (χ3n) is 3.00. The standard InChI is InChI=1S/C9H16N2O2/c1-10(7-2-3-7)8-4-11(5-8)6-9(12)13/h7-8H,2-6H2,1H3,(H,12,13). The lowest BCUT2D eigenvalue weighted by molar-refractivity contribution is -0.140. The lowest BCUT2D eigenvalue weighted by atomic mass is 10.1. The number of likely N-dealkylation sites (N-methyl/N-ethyl adjacent to an activating group) is 1. The van der Waals surface area contributed by atoms with Gasteiger partial charge in [0.1, 0.15) is 0 Å². The van der Waals surface area contributed by atoms with Crippen LogP contribution in [-0.4, -0.2) is 59.6 Å². The zero-order chi connectivity index (χ0) is 9.42. The number of carbonyl (C=O) groups is 1. The van der Waals surface area contributed by atoms with Crippen molar-refractivity contribution >= 4 is 5.97 Å². The number of rotatable bonds is 4. The number of hydrogen-bond acceptors (Lipinski definition) is 3. The van der Waals surface area contributed by atoms with E-state index in [-0.39, 0.29) is 6.54 Å². The molecule has 0 radical (unpaired) electrons. The summed E-state index contributed by atoms with van der Waals surface area (Å²) in [5.74, 6) is -0.715. The van der Waals surface area contributed by atoms with Crippen LogP contribution in [-0.2, 0) is 4.79 Å². The van der Waals surface area contributed by atoms with Gasteiger partial charge >= 0.3 is 5.97 Å². The average Bonchev–Trinajstić information content (AvgIpc) is 2.75. The second-order valence-electron chi connectivity index (χ2n) is 4.14. The van der Waals surface area contributed by atoms with Crippen molar-refractivity contribution in [3.05, 3.63) is 0 Å². The first kappa shape index (κ1) is 8.97. The van der Waals surface area contributed by atoms with Gasteiger partial charge in [-0.2, -0.15) is 0 Å². The monoisotopic (exact) mass is 184 g/mol. The Balaban J connectivity index is 1.68. The van der Waals surface area contributed by atoms with Gasteiger partial charge in [-0.05, 0) is 19.9 Å². The fraction of sp³-hybridized carbons (Fsp3) is 0.889. The Bertz CT molecular complexity index is 210. The average molecular weight is 184 g/mol. The molecule has 0 unspecified atom stereocenters. The minimum Gasteiger partial charge on any atom is -0.480 e. The SMILES string of the molecule is CN(C1CC1)C1CN(CC(=O)O)C1. The van der Waals surface area contributed by atoms with Crippen LogP contribution in [0.5, 0.6) is 0 Å². The van der Waals surface area contributed by atoms with E-state index in [1.165, 1.54) is 12.8 Å². The van der Waals surface area contributed by atoms with Gasteiger partial charge in [-0.1, -0.05) is 0 Å². The van der Waals surface area contributed by atoms with Crippen molar-refractivity contribution in [1.29, 1.82) is 0 Å². The van der Waals surface area contributed by atoms with Crippen LogP contribution in [0.15, 0.2) is 0 Å². The number of carboxylic acid groups (broad SMARTS) is 1. The summed E-state index contributed by atoms with van der Waals surface area (Å²) in [5, 5.41) is 8.54. The van der Waals surface area contributed by atoms with E-state index in [0.29, 0.717) is 6.04 Å². The highest BCUT2D eigenvalue weighted by Gasteiger charge is 2.37. The van der Waals surface area contributed by atoms with Gasteiger partial charge in [-0.15, -0.1) is 0 Å². The van der Waals surface area contributed by atoms with E-state index >= 15 is 0 Å². The fourth-order valence-electron chi connectivity index (χ4n) is 1.90. The molecule has 1 aliphatic carbocycles. The maximum Gasteiger partial charge on any atom is 0.317 e. The molecular formula is C9H16N2O2. The van der Waals surface area contributed by atoms with Gasteiger partial charge in [-0.25, -0.2) is 0 Å². The summed E-state index contributed by atoms with van der Waals surface area (Å²) in [5.41, 5.74) is 0. The highest BCUT2D eigenvalue weighted by atomic mass is 16.4. The topological polar surface area (TPSA) is 43.8 Å². The third-order valence-corrected chi connectivity index (χ3v) is 3.00. The Morgan fingerprint density at radius 2 is 2.08 bits per heavy atom. The molecule has 0 atom stereocenters. The lowest BCUT2D eigenvalue weighted by Gasteiger charge is -2.43. The molecule has 0 amide bonds. The Hall–Kier alpha value is -0.610. The van der Waals surface area contributed by atoms with E-state index in [2.05, 4.69) is 11.9 Å². The summed E-state index contributed by atoms with van der Waals surface area (Å²) in [4.78, 5) is 14.7. The first-order valence-electron chi connectivity index (χ1n) is 4.83. The molecule has 0 aromatic heterocycles. The molecular weight excluding hydrogens is 168 g/mol. The van der Waals surface area contributed by atoms with E-state index in [9.17, 15) is 4.79 Å². The molecule has 2 aliphatic rings. The van der Waals surface area contributed by atoms with Crippen LogP contribution in [0.1, 0.15) is 12.8 Å². The van der Waals surface area contributed by atoms with Crippen molar-refractivity contribution in [3.8, 4) is 0 Å². The number of nitrogens with zero attached hydrogens (tertiary/aromatic N) is 2. The Morgan fingerprint density at radius 3 is 2.54 bits per heavy atom. The second-order valence-corrected chi connectivity index (χ2v) is 4.14. The van der Waals surface area contributed by atoms with E-state index in [1.54, 1.807) is 0 Å². The van der Waals surface area contributed by atoms with Crippen LogP contribution < -0.4 is 0 Å². The molecule has 1 N–H and O–H groups in total. The van der Waals surface area contributed by atoms with Gasteiger partial charge in [0.05, 0.1) is 6.54 Å². The summed E-state index contributed by atoms with van der Waals surface area (Å²) < 4.78 is 0. The molecule has 1 saturated carbocycles. The second kappa shape index (κ2) is 3.27. The van der Waals surface area contributed by atoms with Crippen LogP contribution in [0.25, 0.3) is 0 Å². The van der Waals surface area contributed by atoms with Crippen LogP contribution in [0, 0.1) is 0 Å². The van der Waals surface area contributed by atoms with E-state index in [1.807, 2.05) is 4.90 Å². The maximum absolute atomic E-state index is 10.4. The predicted octanol–water partition coefficient (Wildman–Crippen LogP) is -0.151. The molecule has 4 nitrogen and oxygen atoms in total. The maximum atomic E-state index is 10.4. The van der Waals surface area contributed by atoms with E-state index in [4.69, 9.17) is 5.11 Å². The molecule has 1 saturated heterocycles. The molecule has 0 aromatic carbocycles. The van der Waals surface area contributed by atoms with Gasteiger partial charge in [0.15, 0.2) is 0 Å². The summed E-state index contributed by atoms with van der Waals surface area (Å²) in [6.45, 7) is 2.06. The molecule has 0 aromatic rings. The summed E-state index contributed by atoms with van der Waals surface area (Å²) in [6, 6.07) is 1.39. The van der Waals surface area contributed by atoms with E-state index in [0.717, 1.165) is 19.1 Å². The first-order valence-corrected chi connectivity index (χ1v) is 4.83. The molecule has 1 heterocycles. The van der Waals surface area contributed by atoms with Crippen molar-refractivity contribution in [1.82, 2.24) is 9.80 Å². The minimum atomic E-state index is -0.715. The van der Waals surface area contributed by atoms with Crippen molar-refractivity contribution in [2.24, 2.45) is 0 Å². The van der Waals surface area contributed by atoms with Gasteiger partial charge in [-0.3, -0.25) is 14.6 Å². The van der Waals surface area contributed by atoms with Crippen LogP contribution >= 0.6 is 0 Å². The minimum absolute atomic E-state index is 0.203. The van der Waals surface area contributed by atoms with Gasteiger partial charge in [0, 0.05) is 25.2 Å². The number of hydrogen-bond donors (Lipinski definition) is 1. The van der Waals surface area contributed by atoms with Crippen molar-refractivity contribution in [2.45, 2.75) is 24.9 Å². The van der Waals surface area contributed by atoms with Gasteiger partial charge < -0.3 is 5.11 Å². The largest absolute Gasteiger partial charge is 0.480 e. The summed E-state index contributed by atoms with van der Waals surface area (Å²) in [6.07, 6.45) is 2.65. The first-order chi connectivity index (χ1) is 6.16. The smallest absolute Gasteiger partial charge is 0.317 e. The summed E-state index contributed by atoms with van der Waals surface area (Å²) in [7, 11) is 2.15. The molecule has 2 rings (SSSR count). The van der Waals surface area contributed by atoms with E-state index < -0.39 is 5.97 Å². The quantitative estimate of drug-likeness (QED) is 0.660. The highest BCUT2D eigenvalue weighted by Crippen LogP contribution is 2.29. The van der Waals surface area contributed by atoms with Crippen molar-refractivity contribution < 1.29 is 9.90 Å². The zero-order valence-corrected chi connectivity index (χ0v) is 7.94. The molecule has 4 heteroatoms. The third kappa shape index (κ3) is 2.00. The predicted molar refractivity (Wildman–Crippen MR) is 48.6 cm³/mol. The van der Waals surface area contributed by atoms with Gasteiger partial charge in [0.25, 0.3) is 0 Å². The highest BCUT2D eigenvalue weighted by molar-refractivity contribution is 5.69. The molecule has 2 fully saturated rings. The zero-order valence-electron chi connectivity index (χ0n) is 7.94. The molecule has 13 heavy (non-hydrogen) atoms.